The first-order valence-electron chi connectivity index (χ1n) is 4.82. The van der Waals surface area contributed by atoms with Crippen molar-refractivity contribution in [1.29, 1.82) is 0 Å². The normalized spacial score (nSPS) is 25.5. The summed E-state index contributed by atoms with van der Waals surface area (Å²) in [5, 5.41) is 0. The molecule has 0 amide bonds. The molecule has 72 valence electrons. The first-order valence-corrected chi connectivity index (χ1v) is 5.23. The molecule has 0 radical (unpaired) electrons. The quantitative estimate of drug-likeness (QED) is 0.726. The number of rotatable bonds is 1. The van der Waals surface area contributed by atoms with E-state index in [-0.39, 0.29) is 0 Å². The molecule has 0 saturated heterocycles. The van der Waals surface area contributed by atoms with Crippen molar-refractivity contribution in [2.24, 2.45) is 5.92 Å². The Morgan fingerprint density at radius 1 is 1.64 bits per heavy atom. The fraction of sp³-hybridized carbons (Fsp3) is 0.400. The summed E-state index contributed by atoms with van der Waals surface area (Å²) in [7, 11) is 0. The molecule has 1 aliphatic carbocycles. The van der Waals surface area contributed by atoms with Crippen LogP contribution in [0.5, 0.6) is 0 Å². The molecule has 3 nitrogen and oxygen atoms in total. The van der Waals surface area contributed by atoms with Crippen LogP contribution in [0.1, 0.15) is 19.4 Å². The van der Waals surface area contributed by atoms with Crippen molar-refractivity contribution in [3.63, 3.8) is 0 Å². The molecule has 1 aliphatic rings. The predicted molar refractivity (Wildman–Crippen MR) is 57.7 cm³/mol. The fourth-order valence-electron chi connectivity index (χ4n) is 1.93. The third-order valence-electron chi connectivity index (χ3n) is 2.87. The minimum Gasteiger partial charge on any atom is -0.329 e. The zero-order chi connectivity index (χ0) is 9.71. The highest BCUT2D eigenvalue weighted by Crippen LogP contribution is 2.44. The molecule has 2 aromatic heterocycles. The van der Waals surface area contributed by atoms with Crippen LogP contribution in [0.4, 0.5) is 0 Å². The van der Waals surface area contributed by atoms with E-state index in [0.29, 0.717) is 6.04 Å². The van der Waals surface area contributed by atoms with E-state index in [1.54, 1.807) is 0 Å². The van der Waals surface area contributed by atoms with Crippen LogP contribution < -0.4 is 0 Å². The first kappa shape index (κ1) is 8.17. The minimum atomic E-state index is 0.561. The number of imidazole rings is 1. The molecule has 3 rings (SSSR count). The Balaban J connectivity index is 2.31. The minimum absolute atomic E-state index is 0.561. The summed E-state index contributed by atoms with van der Waals surface area (Å²) in [4.78, 5) is 7.55. The van der Waals surface area contributed by atoms with Gasteiger partial charge in [-0.2, -0.15) is 0 Å². The van der Waals surface area contributed by atoms with Crippen LogP contribution in [0.2, 0.25) is 0 Å². The lowest BCUT2D eigenvalue weighted by Crippen LogP contribution is -1.96. The van der Waals surface area contributed by atoms with Gasteiger partial charge in [-0.05, 0) is 36.7 Å². The monoisotopic (exact) mass is 205 g/mol. The maximum absolute atomic E-state index is 5.29. The summed E-state index contributed by atoms with van der Waals surface area (Å²) < 4.78 is 2.95. The highest BCUT2D eigenvalue weighted by atomic mass is 32.1. The second-order valence-corrected chi connectivity index (χ2v) is 4.34. The number of nitrogens with zero attached hydrogens (tertiary/aromatic N) is 2. The van der Waals surface area contributed by atoms with Crippen molar-refractivity contribution >= 4 is 23.4 Å². The Labute approximate surface area is 86.8 Å². The van der Waals surface area contributed by atoms with E-state index in [1.807, 2.05) is 18.3 Å². The van der Waals surface area contributed by atoms with E-state index in [4.69, 9.17) is 12.2 Å². The number of hydrogen-bond acceptors (Lipinski definition) is 2. The van der Waals surface area contributed by atoms with Gasteiger partial charge in [0.2, 0.25) is 0 Å². The van der Waals surface area contributed by atoms with Crippen LogP contribution in [0.3, 0.4) is 0 Å². The number of aromatic nitrogens is 3. The molecule has 4 heteroatoms. The molecule has 2 unspecified atom stereocenters. The van der Waals surface area contributed by atoms with Gasteiger partial charge in [-0.15, -0.1) is 0 Å². The van der Waals surface area contributed by atoms with Gasteiger partial charge in [0.05, 0.1) is 5.52 Å². The zero-order valence-corrected chi connectivity index (χ0v) is 8.71. The lowest BCUT2D eigenvalue weighted by Gasteiger charge is -1.99. The van der Waals surface area contributed by atoms with Crippen molar-refractivity contribution in [3.8, 4) is 0 Å². The summed E-state index contributed by atoms with van der Waals surface area (Å²) in [6.07, 6.45) is 3.03. The van der Waals surface area contributed by atoms with Crippen molar-refractivity contribution in [2.75, 3.05) is 0 Å². The molecule has 1 N–H and O–H groups in total. The van der Waals surface area contributed by atoms with Gasteiger partial charge in [-0.25, -0.2) is 4.98 Å². The Morgan fingerprint density at radius 3 is 3.14 bits per heavy atom. The van der Waals surface area contributed by atoms with E-state index >= 15 is 0 Å². The second kappa shape index (κ2) is 2.67. The molecule has 1 fully saturated rings. The Bertz CT molecular complexity index is 540. The number of aromatic amines is 1. The topological polar surface area (TPSA) is 33.6 Å². The number of H-pyrrole nitrogens is 1. The van der Waals surface area contributed by atoms with Crippen molar-refractivity contribution in [2.45, 2.75) is 19.4 Å². The van der Waals surface area contributed by atoms with Gasteiger partial charge in [0.25, 0.3) is 0 Å². The van der Waals surface area contributed by atoms with E-state index in [9.17, 15) is 0 Å². The Morgan fingerprint density at radius 2 is 2.43 bits per heavy atom. The maximum atomic E-state index is 5.29. The van der Waals surface area contributed by atoms with E-state index < -0.39 is 0 Å². The van der Waals surface area contributed by atoms with Crippen molar-refractivity contribution in [3.05, 3.63) is 23.1 Å². The lowest BCUT2D eigenvalue weighted by atomic mass is 10.4. The second-order valence-electron chi connectivity index (χ2n) is 3.96. The van der Waals surface area contributed by atoms with Crippen LogP contribution in [-0.2, 0) is 0 Å². The van der Waals surface area contributed by atoms with Gasteiger partial charge >= 0.3 is 0 Å². The highest BCUT2D eigenvalue weighted by molar-refractivity contribution is 7.71. The van der Waals surface area contributed by atoms with Gasteiger partial charge in [0.15, 0.2) is 10.4 Å². The molecule has 14 heavy (non-hydrogen) atoms. The lowest BCUT2D eigenvalue weighted by molar-refractivity contribution is 0.690. The number of hydrogen-bond donors (Lipinski definition) is 1. The third-order valence-corrected chi connectivity index (χ3v) is 3.17. The number of nitrogens with one attached hydrogen (secondary N) is 1. The predicted octanol–water partition coefficient (Wildman–Crippen LogP) is 2.67. The molecular weight excluding hydrogens is 194 g/mol. The first-order chi connectivity index (χ1) is 6.77. The smallest absolute Gasteiger partial charge is 0.179 e. The molecule has 2 atom stereocenters. The standard InChI is InChI=1S/C10H11N3S/c1-6-5-8(6)13-9-7(12-10(13)14)3-2-4-11-9/h2-4,6,8H,5H2,1H3,(H,12,14). The van der Waals surface area contributed by atoms with Crippen molar-refractivity contribution in [1.82, 2.24) is 14.5 Å². The largest absolute Gasteiger partial charge is 0.329 e. The molecule has 0 spiro atoms. The van der Waals surface area contributed by atoms with Crippen LogP contribution >= 0.6 is 12.2 Å². The van der Waals surface area contributed by atoms with Crippen LogP contribution in [-0.4, -0.2) is 14.5 Å². The molecule has 2 heterocycles. The van der Waals surface area contributed by atoms with Crippen LogP contribution in [0.25, 0.3) is 11.2 Å². The fourth-order valence-corrected chi connectivity index (χ4v) is 2.26. The van der Waals surface area contributed by atoms with Gasteiger partial charge in [0.1, 0.15) is 0 Å². The molecular formula is C10H11N3S. The van der Waals surface area contributed by atoms with E-state index in [1.165, 1.54) is 6.42 Å². The zero-order valence-electron chi connectivity index (χ0n) is 7.90. The third kappa shape index (κ3) is 1.04. The summed E-state index contributed by atoms with van der Waals surface area (Å²) in [6.45, 7) is 2.24. The summed E-state index contributed by atoms with van der Waals surface area (Å²) >= 11 is 5.29. The van der Waals surface area contributed by atoms with E-state index in [0.717, 1.165) is 21.9 Å². The van der Waals surface area contributed by atoms with Crippen LogP contribution in [0.15, 0.2) is 18.3 Å². The molecule has 0 aliphatic heterocycles. The SMILES string of the molecule is CC1CC1n1c(=S)[nH]c2cccnc21. The number of fused-ring (bicyclic) bond motifs is 1. The Hall–Kier alpha value is -1.16. The van der Waals surface area contributed by atoms with Gasteiger partial charge in [0, 0.05) is 12.2 Å². The summed E-state index contributed by atoms with van der Waals surface area (Å²) in [6, 6.07) is 4.50. The van der Waals surface area contributed by atoms with Gasteiger partial charge in [-0.3, -0.25) is 4.57 Å². The molecule has 0 bridgehead atoms. The summed E-state index contributed by atoms with van der Waals surface area (Å²) in [5.74, 6) is 0.739. The molecule has 0 aromatic carbocycles. The van der Waals surface area contributed by atoms with Gasteiger partial charge < -0.3 is 4.98 Å². The molecule has 1 saturated carbocycles. The Kier molecular flexibility index (Phi) is 1.56. The average Bonchev–Trinajstić information content (AvgIpc) is 2.78. The van der Waals surface area contributed by atoms with E-state index in [2.05, 4.69) is 21.5 Å². The number of pyridine rings is 1. The average molecular weight is 205 g/mol. The van der Waals surface area contributed by atoms with Gasteiger partial charge in [-0.1, -0.05) is 6.92 Å². The maximum Gasteiger partial charge on any atom is 0.179 e. The van der Waals surface area contributed by atoms with Crippen molar-refractivity contribution < 1.29 is 0 Å². The summed E-state index contributed by atoms with van der Waals surface area (Å²) in [5.41, 5.74) is 2.03. The van der Waals surface area contributed by atoms with Crippen LogP contribution in [0, 0.1) is 10.7 Å². The highest BCUT2D eigenvalue weighted by Gasteiger charge is 2.36. The molecule has 2 aromatic rings.